The Morgan fingerprint density at radius 2 is 1.93 bits per heavy atom. The van der Waals surface area contributed by atoms with Crippen molar-refractivity contribution in [3.05, 3.63) is 72.1 Å². The molecule has 0 amide bonds. The summed E-state index contributed by atoms with van der Waals surface area (Å²) in [6.07, 6.45) is 2.39. The number of rotatable bonds is 4. The topological polar surface area (TPSA) is 64.0 Å². The molecule has 2 aliphatic rings. The van der Waals surface area contributed by atoms with Crippen LogP contribution in [0, 0.1) is 11.6 Å². The zero-order chi connectivity index (χ0) is 19.5. The molecule has 0 saturated carbocycles. The van der Waals surface area contributed by atoms with Crippen LogP contribution in [-0.2, 0) is 0 Å². The third-order valence-electron chi connectivity index (χ3n) is 4.37. The first-order valence-corrected chi connectivity index (χ1v) is 9.08. The Labute approximate surface area is 161 Å². The number of nitrogens with zero attached hydrogens (tertiary/aromatic N) is 3. The number of aliphatic imine (C=N–C) groups is 2. The van der Waals surface area contributed by atoms with E-state index in [4.69, 9.17) is 4.99 Å². The Morgan fingerprint density at radius 3 is 2.68 bits per heavy atom. The number of para-hydroxylation sites is 1. The van der Waals surface area contributed by atoms with Gasteiger partial charge in [0.2, 0.25) is 11.9 Å². The average molecular weight is 382 g/mol. The number of nitrogens with one attached hydrogen (secondary N) is 3. The Kier molecular flexibility index (Phi) is 4.92. The maximum atomic E-state index is 14.0. The van der Waals surface area contributed by atoms with Gasteiger partial charge in [-0.25, -0.2) is 18.8 Å². The number of anilines is 1. The van der Waals surface area contributed by atoms with Crippen molar-refractivity contribution >= 4 is 23.3 Å². The number of fused-ring (bicyclic) bond motifs is 1. The lowest BCUT2D eigenvalue weighted by Crippen LogP contribution is -2.39. The highest BCUT2D eigenvalue weighted by Gasteiger charge is 2.35. The van der Waals surface area contributed by atoms with Crippen LogP contribution >= 0.6 is 0 Å². The largest absolute Gasteiger partial charge is 0.331 e. The molecular weight excluding hydrogens is 362 g/mol. The molecule has 0 aliphatic carbocycles. The maximum absolute atomic E-state index is 14.0. The second-order valence-corrected chi connectivity index (χ2v) is 6.43. The van der Waals surface area contributed by atoms with Gasteiger partial charge in [0.15, 0.2) is 6.17 Å². The van der Waals surface area contributed by atoms with Crippen LogP contribution in [0.4, 0.5) is 20.2 Å². The van der Waals surface area contributed by atoms with Crippen molar-refractivity contribution in [1.82, 2.24) is 15.5 Å². The number of hydrogen-bond donors (Lipinski definition) is 3. The minimum Gasteiger partial charge on any atom is -0.331 e. The predicted octanol–water partition coefficient (Wildman–Crippen LogP) is 3.51. The highest BCUT2D eigenvalue weighted by atomic mass is 19.1. The summed E-state index contributed by atoms with van der Waals surface area (Å²) in [7, 11) is 0. The van der Waals surface area contributed by atoms with Crippen molar-refractivity contribution in [3.63, 3.8) is 0 Å². The van der Waals surface area contributed by atoms with Crippen molar-refractivity contribution < 1.29 is 8.78 Å². The van der Waals surface area contributed by atoms with E-state index in [0.29, 0.717) is 18.5 Å². The molecule has 28 heavy (non-hydrogen) atoms. The predicted molar refractivity (Wildman–Crippen MR) is 106 cm³/mol. The van der Waals surface area contributed by atoms with Crippen LogP contribution in [0.1, 0.15) is 13.3 Å². The Balaban J connectivity index is 1.59. The first kappa shape index (κ1) is 18.0. The first-order valence-electron chi connectivity index (χ1n) is 9.08. The molecule has 1 atom stereocenters. The minimum absolute atomic E-state index is 0.270. The van der Waals surface area contributed by atoms with E-state index in [1.165, 1.54) is 18.2 Å². The van der Waals surface area contributed by atoms with Crippen LogP contribution in [0.3, 0.4) is 0 Å². The van der Waals surface area contributed by atoms with Crippen LogP contribution in [0.2, 0.25) is 0 Å². The van der Waals surface area contributed by atoms with Crippen molar-refractivity contribution in [2.45, 2.75) is 19.5 Å². The molecule has 0 radical (unpaired) electrons. The summed E-state index contributed by atoms with van der Waals surface area (Å²) in [5.41, 5.74) is 1.82. The smallest absolute Gasteiger partial charge is 0.205 e. The molecular formula is C20H20F2N6. The van der Waals surface area contributed by atoms with E-state index in [-0.39, 0.29) is 23.5 Å². The van der Waals surface area contributed by atoms with Gasteiger partial charge in [0, 0.05) is 18.4 Å². The summed E-state index contributed by atoms with van der Waals surface area (Å²) in [5, 5.41) is 9.43. The lowest BCUT2D eigenvalue weighted by Gasteiger charge is -2.25. The van der Waals surface area contributed by atoms with Gasteiger partial charge in [-0.05, 0) is 42.8 Å². The molecule has 1 saturated heterocycles. The molecule has 8 heteroatoms. The molecule has 3 N–H and O–H groups in total. The van der Waals surface area contributed by atoms with Crippen LogP contribution < -0.4 is 16.0 Å². The molecule has 0 spiro atoms. The molecule has 6 nitrogen and oxygen atoms in total. The molecule has 0 bridgehead atoms. The second kappa shape index (κ2) is 7.67. The van der Waals surface area contributed by atoms with Crippen molar-refractivity contribution in [2.24, 2.45) is 9.98 Å². The van der Waals surface area contributed by atoms with E-state index in [0.717, 1.165) is 17.8 Å². The van der Waals surface area contributed by atoms with Gasteiger partial charge in [0.05, 0.1) is 5.70 Å². The van der Waals surface area contributed by atoms with Crippen LogP contribution in [0.5, 0.6) is 0 Å². The summed E-state index contributed by atoms with van der Waals surface area (Å²) in [6.45, 7) is 2.76. The summed E-state index contributed by atoms with van der Waals surface area (Å²) in [4.78, 5) is 11.1. The highest BCUT2D eigenvalue weighted by molar-refractivity contribution is 5.97. The van der Waals surface area contributed by atoms with E-state index < -0.39 is 0 Å². The summed E-state index contributed by atoms with van der Waals surface area (Å²) in [6, 6.07) is 12.4. The highest BCUT2D eigenvalue weighted by Crippen LogP contribution is 2.24. The fourth-order valence-corrected chi connectivity index (χ4v) is 3.06. The van der Waals surface area contributed by atoms with E-state index in [2.05, 4.69) is 27.9 Å². The molecule has 1 unspecified atom stereocenters. The number of benzene rings is 2. The molecule has 1 fully saturated rings. The molecule has 2 aromatic carbocycles. The third kappa shape index (κ3) is 3.66. The van der Waals surface area contributed by atoms with Gasteiger partial charge in [0.25, 0.3) is 0 Å². The molecule has 2 aromatic rings. The van der Waals surface area contributed by atoms with Crippen molar-refractivity contribution in [2.75, 3.05) is 11.9 Å². The lowest BCUT2D eigenvalue weighted by molar-refractivity contribution is 0.374. The van der Waals surface area contributed by atoms with Gasteiger partial charge in [0.1, 0.15) is 17.3 Å². The lowest BCUT2D eigenvalue weighted by atomic mass is 10.3. The summed E-state index contributed by atoms with van der Waals surface area (Å²) >= 11 is 0. The number of hydrogen-bond acceptors (Lipinski definition) is 4. The fourth-order valence-electron chi connectivity index (χ4n) is 3.06. The van der Waals surface area contributed by atoms with E-state index in [1.807, 2.05) is 4.90 Å². The number of guanidine groups is 2. The zero-order valence-electron chi connectivity index (χ0n) is 15.3. The Hall–Kier alpha value is -3.42. The van der Waals surface area contributed by atoms with Gasteiger partial charge in [-0.15, -0.1) is 0 Å². The van der Waals surface area contributed by atoms with Crippen LogP contribution in [0.25, 0.3) is 0 Å². The van der Waals surface area contributed by atoms with Crippen molar-refractivity contribution in [3.8, 4) is 0 Å². The average Bonchev–Trinajstić information content (AvgIpc) is 3.03. The van der Waals surface area contributed by atoms with E-state index >= 15 is 0 Å². The van der Waals surface area contributed by atoms with Gasteiger partial charge in [-0.2, -0.15) is 0 Å². The second-order valence-electron chi connectivity index (χ2n) is 6.43. The van der Waals surface area contributed by atoms with Gasteiger partial charge in [-0.3, -0.25) is 0 Å². The third-order valence-corrected chi connectivity index (χ3v) is 4.37. The van der Waals surface area contributed by atoms with Gasteiger partial charge >= 0.3 is 0 Å². The summed E-state index contributed by atoms with van der Waals surface area (Å²) in [5.74, 6) is 0.416. The van der Waals surface area contributed by atoms with Gasteiger partial charge in [-0.1, -0.05) is 19.1 Å². The Morgan fingerprint density at radius 1 is 1.14 bits per heavy atom. The van der Waals surface area contributed by atoms with E-state index in [9.17, 15) is 8.78 Å². The zero-order valence-corrected chi connectivity index (χ0v) is 15.3. The fraction of sp³-hybridized carbons (Fsp3) is 0.200. The minimum atomic E-state index is -0.377. The molecule has 4 rings (SSSR count). The quantitative estimate of drug-likeness (QED) is 0.757. The number of halogens is 2. The van der Waals surface area contributed by atoms with Gasteiger partial charge < -0.3 is 20.9 Å². The monoisotopic (exact) mass is 382 g/mol. The molecule has 2 heterocycles. The first-order chi connectivity index (χ1) is 13.6. The van der Waals surface area contributed by atoms with Crippen LogP contribution in [0.15, 0.2) is 70.4 Å². The summed E-state index contributed by atoms with van der Waals surface area (Å²) < 4.78 is 27.1. The van der Waals surface area contributed by atoms with Crippen LogP contribution in [-0.4, -0.2) is 29.5 Å². The maximum Gasteiger partial charge on any atom is 0.205 e. The molecule has 0 aromatic heterocycles. The molecule has 144 valence electrons. The molecule has 2 aliphatic heterocycles. The Bertz CT molecular complexity index is 951. The SMILES string of the molecule is CCCN1C(=Nc2ccccc2F)NC2=CNC(Nc3ccc(F)cc3)=NC21. The van der Waals surface area contributed by atoms with Crippen molar-refractivity contribution in [1.29, 1.82) is 0 Å². The standard InChI is InChI=1S/C20H20F2N6/c1-2-11-28-18-17(26-20(28)25-16-6-4-3-5-15(16)22)12-23-19(27-18)24-14-9-7-13(21)8-10-14/h3-10,12,18H,2,11H2,1H3,(H,25,26)(H2,23,24,27). The normalized spacial score (nSPS) is 19.5. The van der Waals surface area contributed by atoms with E-state index in [1.54, 1.807) is 36.5 Å².